The van der Waals surface area contributed by atoms with E-state index in [0.29, 0.717) is 19.2 Å². The van der Waals surface area contributed by atoms with E-state index in [0.717, 1.165) is 32.0 Å². The van der Waals surface area contributed by atoms with Crippen molar-refractivity contribution in [1.29, 1.82) is 0 Å². The smallest absolute Gasteiger partial charge is 0.417 e. The number of pyridine rings is 1. The Kier molecular flexibility index (Phi) is 8.75. The average Bonchev–Trinajstić information content (AvgIpc) is 2.55. The molecule has 1 aliphatic rings. The molecule has 25 heavy (non-hydrogen) atoms. The first kappa shape index (κ1) is 21.8. The minimum atomic E-state index is -4.49. The van der Waals surface area contributed by atoms with Gasteiger partial charge in [-0.05, 0) is 38.4 Å². The first-order valence-electron chi connectivity index (χ1n) is 7.72. The van der Waals surface area contributed by atoms with Gasteiger partial charge in [-0.3, -0.25) is 4.79 Å². The van der Waals surface area contributed by atoms with Crippen molar-refractivity contribution in [2.45, 2.75) is 25.4 Å². The van der Waals surface area contributed by atoms with Crippen molar-refractivity contribution in [3.05, 3.63) is 22.8 Å². The SMILES string of the molecule is Cl.O=C(NCCCOc1ncc(C(F)(F)F)cc1Cl)C1CCNCC1. The van der Waals surface area contributed by atoms with Crippen molar-refractivity contribution in [2.24, 2.45) is 5.92 Å². The van der Waals surface area contributed by atoms with E-state index < -0.39 is 11.7 Å². The number of carbonyl (C=O) groups excluding carboxylic acids is 1. The lowest BCUT2D eigenvalue weighted by atomic mass is 9.97. The second kappa shape index (κ2) is 10.0. The largest absolute Gasteiger partial charge is 0.477 e. The van der Waals surface area contributed by atoms with Crippen molar-refractivity contribution in [2.75, 3.05) is 26.2 Å². The molecule has 2 heterocycles. The number of aromatic nitrogens is 1. The molecule has 1 fully saturated rings. The minimum absolute atomic E-state index is 0. The molecule has 2 N–H and O–H groups in total. The number of hydrogen-bond acceptors (Lipinski definition) is 4. The van der Waals surface area contributed by atoms with Crippen LogP contribution in [0.1, 0.15) is 24.8 Å². The Morgan fingerprint density at radius 2 is 2.08 bits per heavy atom. The van der Waals surface area contributed by atoms with E-state index >= 15 is 0 Å². The van der Waals surface area contributed by atoms with E-state index in [1.165, 1.54) is 0 Å². The molecule has 1 aliphatic heterocycles. The number of nitrogens with zero attached hydrogens (tertiary/aromatic N) is 1. The number of rotatable bonds is 6. The molecular formula is C15H20Cl2F3N3O2. The first-order chi connectivity index (χ1) is 11.4. The monoisotopic (exact) mass is 401 g/mol. The van der Waals surface area contributed by atoms with Gasteiger partial charge in [-0.1, -0.05) is 11.6 Å². The summed E-state index contributed by atoms with van der Waals surface area (Å²) >= 11 is 5.74. The summed E-state index contributed by atoms with van der Waals surface area (Å²) in [5.41, 5.74) is -0.922. The molecule has 0 atom stereocenters. The summed E-state index contributed by atoms with van der Waals surface area (Å²) in [6.07, 6.45) is -1.65. The molecule has 1 aromatic rings. The lowest BCUT2D eigenvalue weighted by Gasteiger charge is -2.21. The molecule has 0 aliphatic carbocycles. The molecule has 0 saturated carbocycles. The van der Waals surface area contributed by atoms with Gasteiger partial charge in [0.25, 0.3) is 0 Å². The molecule has 1 amide bonds. The van der Waals surface area contributed by atoms with E-state index in [1.807, 2.05) is 0 Å². The molecule has 5 nitrogen and oxygen atoms in total. The lowest BCUT2D eigenvalue weighted by molar-refractivity contribution is -0.137. The maximum atomic E-state index is 12.5. The summed E-state index contributed by atoms with van der Waals surface area (Å²) in [6, 6.07) is 0.781. The fourth-order valence-electron chi connectivity index (χ4n) is 2.37. The number of halogens is 5. The van der Waals surface area contributed by atoms with E-state index in [2.05, 4.69) is 15.6 Å². The average molecular weight is 402 g/mol. The van der Waals surface area contributed by atoms with Gasteiger partial charge in [0.2, 0.25) is 11.8 Å². The van der Waals surface area contributed by atoms with Crippen LogP contribution in [-0.4, -0.2) is 37.1 Å². The van der Waals surface area contributed by atoms with Crippen LogP contribution in [0.5, 0.6) is 5.88 Å². The molecule has 10 heteroatoms. The van der Waals surface area contributed by atoms with E-state index in [4.69, 9.17) is 16.3 Å². The normalized spacial score (nSPS) is 15.4. The van der Waals surface area contributed by atoms with Gasteiger partial charge in [-0.15, -0.1) is 12.4 Å². The zero-order valence-electron chi connectivity index (χ0n) is 13.4. The Bertz CT molecular complexity index is 567. The van der Waals surface area contributed by atoms with Crippen LogP contribution in [0.25, 0.3) is 0 Å². The van der Waals surface area contributed by atoms with E-state index in [9.17, 15) is 18.0 Å². The highest BCUT2D eigenvalue weighted by Crippen LogP contribution is 2.33. The topological polar surface area (TPSA) is 63.2 Å². The van der Waals surface area contributed by atoms with E-state index in [1.54, 1.807) is 0 Å². The third-order valence-electron chi connectivity index (χ3n) is 3.70. The summed E-state index contributed by atoms with van der Waals surface area (Å²) < 4.78 is 42.8. The highest BCUT2D eigenvalue weighted by Gasteiger charge is 2.31. The Morgan fingerprint density at radius 1 is 1.40 bits per heavy atom. The summed E-state index contributed by atoms with van der Waals surface area (Å²) in [4.78, 5) is 15.5. The molecule has 0 spiro atoms. The van der Waals surface area contributed by atoms with Gasteiger partial charge in [-0.25, -0.2) is 4.98 Å². The van der Waals surface area contributed by atoms with Gasteiger partial charge in [0.15, 0.2) is 0 Å². The van der Waals surface area contributed by atoms with Gasteiger partial charge in [0.05, 0.1) is 12.2 Å². The van der Waals surface area contributed by atoms with Crippen molar-refractivity contribution in [3.63, 3.8) is 0 Å². The second-order valence-electron chi connectivity index (χ2n) is 5.53. The predicted molar refractivity (Wildman–Crippen MR) is 90.2 cm³/mol. The minimum Gasteiger partial charge on any atom is -0.477 e. The molecule has 1 aromatic heterocycles. The van der Waals surface area contributed by atoms with Crippen LogP contribution in [0.3, 0.4) is 0 Å². The van der Waals surface area contributed by atoms with Gasteiger partial charge in [0, 0.05) is 18.7 Å². The van der Waals surface area contributed by atoms with Crippen molar-refractivity contribution in [1.82, 2.24) is 15.6 Å². The summed E-state index contributed by atoms with van der Waals surface area (Å²) in [6.45, 7) is 2.32. The molecule has 0 bridgehead atoms. The van der Waals surface area contributed by atoms with Gasteiger partial charge in [-0.2, -0.15) is 13.2 Å². The van der Waals surface area contributed by atoms with Crippen LogP contribution in [0.2, 0.25) is 5.02 Å². The molecule has 1 saturated heterocycles. The summed E-state index contributed by atoms with van der Waals surface area (Å²) in [5.74, 6) is 0.0229. The quantitative estimate of drug-likeness (QED) is 0.719. The van der Waals surface area contributed by atoms with Gasteiger partial charge >= 0.3 is 6.18 Å². The fraction of sp³-hybridized carbons (Fsp3) is 0.600. The Balaban J connectivity index is 0.00000312. The molecule has 142 valence electrons. The summed E-state index contributed by atoms with van der Waals surface area (Å²) in [5, 5.41) is 5.84. The molecule has 2 rings (SSSR count). The van der Waals surface area contributed by atoms with Crippen LogP contribution < -0.4 is 15.4 Å². The third-order valence-corrected chi connectivity index (χ3v) is 3.97. The molecular weight excluding hydrogens is 382 g/mol. The number of amides is 1. The third kappa shape index (κ3) is 6.87. The maximum Gasteiger partial charge on any atom is 0.417 e. The molecule has 0 radical (unpaired) electrons. The van der Waals surface area contributed by atoms with Crippen LogP contribution in [-0.2, 0) is 11.0 Å². The zero-order chi connectivity index (χ0) is 17.6. The highest BCUT2D eigenvalue weighted by molar-refractivity contribution is 6.31. The lowest BCUT2D eigenvalue weighted by Crippen LogP contribution is -2.38. The first-order valence-corrected chi connectivity index (χ1v) is 8.09. The number of alkyl halides is 3. The highest BCUT2D eigenvalue weighted by atomic mass is 35.5. The summed E-state index contributed by atoms with van der Waals surface area (Å²) in [7, 11) is 0. The van der Waals surface area contributed by atoms with Crippen LogP contribution in [0.15, 0.2) is 12.3 Å². The van der Waals surface area contributed by atoms with Crippen molar-refractivity contribution < 1.29 is 22.7 Å². The molecule has 0 aromatic carbocycles. The van der Waals surface area contributed by atoms with Crippen LogP contribution in [0.4, 0.5) is 13.2 Å². The van der Waals surface area contributed by atoms with Crippen molar-refractivity contribution in [3.8, 4) is 5.88 Å². The maximum absolute atomic E-state index is 12.5. The van der Waals surface area contributed by atoms with Crippen LogP contribution >= 0.6 is 24.0 Å². The number of carbonyl (C=O) groups is 1. The second-order valence-corrected chi connectivity index (χ2v) is 5.93. The van der Waals surface area contributed by atoms with Gasteiger partial charge < -0.3 is 15.4 Å². The Labute approximate surface area is 155 Å². The number of hydrogen-bond donors (Lipinski definition) is 2. The standard InChI is InChI=1S/C15H19ClF3N3O2.ClH/c16-12-8-11(15(17,18)19)9-22-14(12)24-7-1-4-21-13(23)10-2-5-20-6-3-10;/h8-10,20H,1-7H2,(H,21,23);1H. The van der Waals surface area contributed by atoms with Crippen molar-refractivity contribution >= 4 is 29.9 Å². The number of piperidine rings is 1. The number of ether oxygens (including phenoxy) is 1. The van der Waals surface area contributed by atoms with E-state index in [-0.39, 0.29) is 41.7 Å². The fourth-order valence-corrected chi connectivity index (χ4v) is 2.59. The molecule has 0 unspecified atom stereocenters. The predicted octanol–water partition coefficient (Wildman–Crippen LogP) is 3.06. The zero-order valence-corrected chi connectivity index (χ0v) is 14.9. The Morgan fingerprint density at radius 3 is 2.68 bits per heavy atom. The van der Waals surface area contributed by atoms with Gasteiger partial charge in [0.1, 0.15) is 5.02 Å². The number of nitrogens with one attached hydrogen (secondary N) is 2. The Hall–Kier alpha value is -1.25. The van der Waals surface area contributed by atoms with Crippen LogP contribution in [0, 0.1) is 5.92 Å².